The van der Waals surface area contributed by atoms with Gasteiger partial charge >= 0.3 is 0 Å². The number of carbonyl (C=O) groups excluding carboxylic acids is 1. The molecule has 1 aliphatic heterocycles. The van der Waals surface area contributed by atoms with Crippen LogP contribution in [0, 0.1) is 19.8 Å². The summed E-state index contributed by atoms with van der Waals surface area (Å²) in [5.74, 6) is 1.02. The van der Waals surface area contributed by atoms with E-state index in [2.05, 4.69) is 47.3 Å². The van der Waals surface area contributed by atoms with Gasteiger partial charge in [0.25, 0.3) is 0 Å². The highest BCUT2D eigenvalue weighted by atomic mass is 127. The average molecular weight is 444 g/mol. The number of amides is 1. The van der Waals surface area contributed by atoms with Crippen LogP contribution in [0.1, 0.15) is 36.0 Å². The van der Waals surface area contributed by atoms with E-state index in [0.717, 1.165) is 38.4 Å². The Balaban J connectivity index is 0.00000288. The van der Waals surface area contributed by atoms with E-state index < -0.39 is 0 Å². The smallest absolute Gasteiger partial charge is 0.217 e. The number of aliphatic imine (C=N–C) groups is 1. The first kappa shape index (κ1) is 20.7. The summed E-state index contributed by atoms with van der Waals surface area (Å²) in [6.07, 6.45) is 2.60. The molecule has 2 rings (SSSR count). The lowest BCUT2D eigenvalue weighted by atomic mass is 9.95. The molecule has 1 fully saturated rings. The summed E-state index contributed by atoms with van der Waals surface area (Å²) in [7, 11) is 1.81. The van der Waals surface area contributed by atoms with Gasteiger partial charge in [-0.1, -0.05) is 23.8 Å². The van der Waals surface area contributed by atoms with Gasteiger partial charge in [-0.3, -0.25) is 9.79 Å². The summed E-state index contributed by atoms with van der Waals surface area (Å²) in [5, 5.41) is 3.45. The van der Waals surface area contributed by atoms with E-state index in [0.29, 0.717) is 12.3 Å². The van der Waals surface area contributed by atoms with Crippen LogP contribution in [0.2, 0.25) is 0 Å². The number of carbonyl (C=O) groups is 1. The van der Waals surface area contributed by atoms with Gasteiger partial charge < -0.3 is 16.0 Å². The van der Waals surface area contributed by atoms with Crippen LogP contribution in [0.4, 0.5) is 0 Å². The maximum absolute atomic E-state index is 11.1. The summed E-state index contributed by atoms with van der Waals surface area (Å²) < 4.78 is 0. The minimum atomic E-state index is -0.213. The Morgan fingerprint density at radius 1 is 1.42 bits per heavy atom. The topological polar surface area (TPSA) is 70.7 Å². The van der Waals surface area contributed by atoms with Crippen LogP contribution in [0.3, 0.4) is 0 Å². The molecule has 3 N–H and O–H groups in total. The van der Waals surface area contributed by atoms with Crippen LogP contribution in [0.15, 0.2) is 23.2 Å². The Kier molecular flexibility index (Phi) is 8.52. The van der Waals surface area contributed by atoms with Crippen molar-refractivity contribution in [3.8, 4) is 0 Å². The fourth-order valence-corrected chi connectivity index (χ4v) is 3.26. The third kappa shape index (κ3) is 5.96. The highest BCUT2D eigenvalue weighted by Crippen LogP contribution is 2.19. The monoisotopic (exact) mass is 444 g/mol. The van der Waals surface area contributed by atoms with Crippen LogP contribution < -0.4 is 11.1 Å². The summed E-state index contributed by atoms with van der Waals surface area (Å²) in [6, 6.07) is 6.50. The van der Waals surface area contributed by atoms with Crippen molar-refractivity contribution < 1.29 is 4.79 Å². The predicted molar refractivity (Wildman–Crippen MR) is 110 cm³/mol. The van der Waals surface area contributed by atoms with Crippen molar-refractivity contribution in [1.82, 2.24) is 10.2 Å². The van der Waals surface area contributed by atoms with Crippen molar-refractivity contribution in [3.05, 3.63) is 34.9 Å². The van der Waals surface area contributed by atoms with Crippen LogP contribution in [0.25, 0.3) is 0 Å². The van der Waals surface area contributed by atoms with E-state index in [1.54, 1.807) is 0 Å². The van der Waals surface area contributed by atoms with Crippen molar-refractivity contribution in [3.63, 3.8) is 0 Å². The van der Waals surface area contributed by atoms with Crippen molar-refractivity contribution in [1.29, 1.82) is 0 Å². The normalized spacial score (nSPS) is 18.0. The molecular formula is C18H29IN4O. The lowest BCUT2D eigenvalue weighted by molar-refractivity contribution is -0.119. The van der Waals surface area contributed by atoms with Gasteiger partial charge in [-0.15, -0.1) is 24.0 Å². The second-order valence-corrected chi connectivity index (χ2v) is 6.46. The molecule has 5 nitrogen and oxygen atoms in total. The third-order valence-electron chi connectivity index (χ3n) is 4.46. The standard InChI is InChI=1S/C18H28N4O.HI/c1-13-6-7-16(14(2)9-13)11-21-18(20-3)22-8-4-5-15(12-22)10-17(19)23;/h6-7,9,15H,4-5,8,10-12H2,1-3H3,(H2,19,23)(H,20,21);1H. The minimum Gasteiger partial charge on any atom is -0.370 e. The lowest BCUT2D eigenvalue weighted by Crippen LogP contribution is -2.47. The van der Waals surface area contributed by atoms with Gasteiger partial charge in [0.2, 0.25) is 5.91 Å². The molecule has 134 valence electrons. The second-order valence-electron chi connectivity index (χ2n) is 6.46. The van der Waals surface area contributed by atoms with Crippen LogP contribution >= 0.6 is 24.0 Å². The molecule has 0 saturated carbocycles. The molecular weight excluding hydrogens is 415 g/mol. The van der Waals surface area contributed by atoms with Crippen LogP contribution in [-0.2, 0) is 11.3 Å². The van der Waals surface area contributed by atoms with Gasteiger partial charge in [0.05, 0.1) is 0 Å². The second kappa shape index (κ2) is 9.86. The Morgan fingerprint density at radius 2 is 2.17 bits per heavy atom. The van der Waals surface area contributed by atoms with E-state index in [1.807, 2.05) is 7.05 Å². The highest BCUT2D eigenvalue weighted by molar-refractivity contribution is 14.0. The number of guanidine groups is 1. The quantitative estimate of drug-likeness (QED) is 0.426. The molecule has 24 heavy (non-hydrogen) atoms. The number of piperidine rings is 1. The number of aryl methyl sites for hydroxylation is 2. The van der Waals surface area contributed by atoms with Gasteiger partial charge in [0.1, 0.15) is 0 Å². The number of primary amides is 1. The molecule has 0 aliphatic carbocycles. The Bertz CT molecular complexity index is 588. The Hall–Kier alpha value is -1.31. The van der Waals surface area contributed by atoms with E-state index >= 15 is 0 Å². The van der Waals surface area contributed by atoms with Crippen molar-refractivity contribution >= 4 is 35.8 Å². The highest BCUT2D eigenvalue weighted by Gasteiger charge is 2.23. The summed E-state index contributed by atoms with van der Waals surface area (Å²) in [4.78, 5) is 17.8. The summed E-state index contributed by atoms with van der Waals surface area (Å²) >= 11 is 0. The first-order chi connectivity index (χ1) is 11.0. The van der Waals surface area contributed by atoms with Gasteiger partial charge in [0.15, 0.2) is 5.96 Å². The zero-order chi connectivity index (χ0) is 16.8. The van der Waals surface area contributed by atoms with E-state index in [1.165, 1.54) is 16.7 Å². The molecule has 1 aromatic rings. The molecule has 1 saturated heterocycles. The first-order valence-corrected chi connectivity index (χ1v) is 8.29. The zero-order valence-corrected chi connectivity index (χ0v) is 17.2. The molecule has 1 heterocycles. The Morgan fingerprint density at radius 3 is 2.79 bits per heavy atom. The minimum absolute atomic E-state index is 0. The predicted octanol–water partition coefficient (Wildman–Crippen LogP) is 2.58. The van der Waals surface area contributed by atoms with E-state index in [9.17, 15) is 4.79 Å². The maximum Gasteiger partial charge on any atom is 0.217 e. The molecule has 1 atom stereocenters. The van der Waals surface area contributed by atoms with E-state index in [-0.39, 0.29) is 29.9 Å². The Labute approximate surface area is 162 Å². The van der Waals surface area contributed by atoms with Crippen molar-refractivity contribution in [2.45, 2.75) is 39.7 Å². The fraction of sp³-hybridized carbons (Fsp3) is 0.556. The number of nitrogens with two attached hydrogens (primary N) is 1. The molecule has 1 amide bonds. The molecule has 1 aromatic carbocycles. The summed E-state index contributed by atoms with van der Waals surface area (Å²) in [5.41, 5.74) is 9.19. The van der Waals surface area contributed by atoms with Gasteiger partial charge in [-0.05, 0) is 43.7 Å². The van der Waals surface area contributed by atoms with Crippen LogP contribution in [-0.4, -0.2) is 36.9 Å². The molecule has 6 heteroatoms. The molecule has 1 aliphatic rings. The number of likely N-dealkylation sites (tertiary alicyclic amines) is 1. The first-order valence-electron chi connectivity index (χ1n) is 8.29. The lowest BCUT2D eigenvalue weighted by Gasteiger charge is -2.34. The van der Waals surface area contributed by atoms with Gasteiger partial charge in [-0.2, -0.15) is 0 Å². The fourth-order valence-electron chi connectivity index (χ4n) is 3.26. The van der Waals surface area contributed by atoms with E-state index in [4.69, 9.17) is 5.73 Å². The third-order valence-corrected chi connectivity index (χ3v) is 4.46. The molecule has 1 unspecified atom stereocenters. The number of hydrogen-bond acceptors (Lipinski definition) is 2. The van der Waals surface area contributed by atoms with Crippen LogP contribution in [0.5, 0.6) is 0 Å². The average Bonchev–Trinajstić information content (AvgIpc) is 2.49. The molecule has 0 aromatic heterocycles. The number of hydrogen-bond donors (Lipinski definition) is 2. The SMILES string of the molecule is CN=C(NCc1ccc(C)cc1C)N1CCCC(CC(N)=O)C1.I. The van der Waals surface area contributed by atoms with Crippen molar-refractivity contribution in [2.24, 2.45) is 16.6 Å². The molecule has 0 spiro atoms. The number of halogens is 1. The van der Waals surface area contributed by atoms with Gasteiger partial charge in [-0.25, -0.2) is 0 Å². The molecule has 0 radical (unpaired) electrons. The number of rotatable bonds is 4. The largest absolute Gasteiger partial charge is 0.370 e. The zero-order valence-electron chi connectivity index (χ0n) is 14.8. The van der Waals surface area contributed by atoms with Gasteiger partial charge in [0, 0.05) is 33.1 Å². The molecule has 0 bridgehead atoms. The number of benzene rings is 1. The van der Waals surface area contributed by atoms with Crippen molar-refractivity contribution in [2.75, 3.05) is 20.1 Å². The number of nitrogens with zero attached hydrogens (tertiary/aromatic N) is 2. The summed E-state index contributed by atoms with van der Waals surface area (Å²) in [6.45, 7) is 6.82. The maximum atomic E-state index is 11.1. The number of nitrogens with one attached hydrogen (secondary N) is 1.